The molecular weight excluding hydrogens is 472 g/mol. The number of amides is 1. The van der Waals surface area contributed by atoms with E-state index in [-0.39, 0.29) is 17.3 Å². The van der Waals surface area contributed by atoms with Crippen molar-refractivity contribution < 1.29 is 13.2 Å². The van der Waals surface area contributed by atoms with Gasteiger partial charge in [0.05, 0.1) is 21.8 Å². The highest BCUT2D eigenvalue weighted by Crippen LogP contribution is 2.26. The fourth-order valence-electron chi connectivity index (χ4n) is 4.18. The highest BCUT2D eigenvalue weighted by Gasteiger charge is 2.33. The molecule has 1 aliphatic heterocycles. The van der Waals surface area contributed by atoms with E-state index in [1.807, 2.05) is 48.5 Å². The van der Waals surface area contributed by atoms with Gasteiger partial charge in [-0.05, 0) is 73.5 Å². The third-order valence-electron chi connectivity index (χ3n) is 6.02. The van der Waals surface area contributed by atoms with E-state index in [1.165, 1.54) is 16.4 Å². The molecule has 0 saturated carbocycles. The summed E-state index contributed by atoms with van der Waals surface area (Å²) >= 11 is 5.89. The van der Waals surface area contributed by atoms with Crippen LogP contribution in [0, 0.1) is 5.92 Å². The van der Waals surface area contributed by atoms with E-state index in [9.17, 15) is 13.2 Å². The number of halogens is 1. The number of nitrogens with one attached hydrogen (secondary N) is 2. The number of para-hydroxylation sites is 2. The highest BCUT2D eigenvalue weighted by atomic mass is 35.5. The summed E-state index contributed by atoms with van der Waals surface area (Å²) in [5, 5.41) is 3.40. The number of aromatic amines is 1. The molecule has 174 valence electrons. The van der Waals surface area contributed by atoms with Crippen LogP contribution < -0.4 is 5.32 Å². The molecule has 7 nitrogen and oxygen atoms in total. The van der Waals surface area contributed by atoms with E-state index < -0.39 is 15.9 Å². The molecule has 0 aliphatic carbocycles. The first-order valence-electron chi connectivity index (χ1n) is 11.0. The molecule has 1 saturated heterocycles. The van der Waals surface area contributed by atoms with Crippen molar-refractivity contribution in [3.05, 3.63) is 77.8 Å². The van der Waals surface area contributed by atoms with Crippen LogP contribution in [0.25, 0.3) is 22.4 Å². The molecule has 3 aromatic carbocycles. The van der Waals surface area contributed by atoms with Gasteiger partial charge in [-0.25, -0.2) is 13.4 Å². The first-order chi connectivity index (χ1) is 16.4. The monoisotopic (exact) mass is 494 g/mol. The first-order valence-corrected chi connectivity index (χ1v) is 12.8. The Hall–Kier alpha value is -3.20. The van der Waals surface area contributed by atoms with Crippen LogP contribution in [0.5, 0.6) is 0 Å². The van der Waals surface area contributed by atoms with Crippen LogP contribution in [0.1, 0.15) is 12.8 Å². The summed E-state index contributed by atoms with van der Waals surface area (Å²) in [5.74, 6) is 0.146. The Labute approximate surface area is 202 Å². The normalized spacial score (nSPS) is 17.0. The van der Waals surface area contributed by atoms with E-state index in [0.29, 0.717) is 30.1 Å². The summed E-state index contributed by atoms with van der Waals surface area (Å²) in [4.78, 5) is 21.0. The lowest BCUT2D eigenvalue weighted by molar-refractivity contribution is -0.120. The molecule has 1 unspecified atom stereocenters. The second-order valence-electron chi connectivity index (χ2n) is 8.33. The first kappa shape index (κ1) is 22.6. The number of H-pyrrole nitrogens is 1. The maximum Gasteiger partial charge on any atom is 0.243 e. The molecule has 34 heavy (non-hydrogen) atoms. The van der Waals surface area contributed by atoms with Gasteiger partial charge in [0, 0.05) is 29.4 Å². The average molecular weight is 495 g/mol. The van der Waals surface area contributed by atoms with Crippen molar-refractivity contribution in [3.63, 3.8) is 0 Å². The standard InChI is InChI=1S/C25H23ClN4O3S/c26-19-9-13-21(14-10-19)34(32,33)30-15-3-4-18(16-30)25(31)27-20-11-7-17(8-12-20)24-28-22-5-1-2-6-23(22)29-24/h1-2,5-14,18H,3-4,15-16H2,(H,27,31)(H,28,29). The van der Waals surface area contributed by atoms with Crippen LogP contribution in [-0.2, 0) is 14.8 Å². The summed E-state index contributed by atoms with van der Waals surface area (Å²) in [6.07, 6.45) is 1.26. The second kappa shape index (κ2) is 9.21. The molecule has 1 fully saturated rings. The molecule has 2 N–H and O–H groups in total. The zero-order valence-electron chi connectivity index (χ0n) is 18.2. The molecule has 1 aromatic heterocycles. The molecular formula is C25H23ClN4O3S. The Morgan fingerprint density at radius 2 is 1.76 bits per heavy atom. The van der Waals surface area contributed by atoms with E-state index in [4.69, 9.17) is 11.6 Å². The highest BCUT2D eigenvalue weighted by molar-refractivity contribution is 7.89. The quantitative estimate of drug-likeness (QED) is 0.411. The predicted molar refractivity (Wildman–Crippen MR) is 133 cm³/mol. The average Bonchev–Trinajstić information content (AvgIpc) is 3.29. The number of rotatable bonds is 5. The van der Waals surface area contributed by atoms with Gasteiger partial charge in [-0.3, -0.25) is 4.79 Å². The number of carbonyl (C=O) groups excluding carboxylic acids is 1. The number of carbonyl (C=O) groups is 1. The van der Waals surface area contributed by atoms with Crippen LogP contribution in [0.3, 0.4) is 0 Å². The molecule has 0 bridgehead atoms. The second-order valence-corrected chi connectivity index (χ2v) is 10.7. The van der Waals surface area contributed by atoms with E-state index >= 15 is 0 Å². The van der Waals surface area contributed by atoms with Crippen molar-refractivity contribution in [1.29, 1.82) is 0 Å². The van der Waals surface area contributed by atoms with Crippen LogP contribution in [0.4, 0.5) is 5.69 Å². The van der Waals surface area contributed by atoms with Gasteiger partial charge in [-0.2, -0.15) is 4.31 Å². The smallest absolute Gasteiger partial charge is 0.243 e. The van der Waals surface area contributed by atoms with Crippen molar-refractivity contribution in [2.24, 2.45) is 5.92 Å². The summed E-state index contributed by atoms with van der Waals surface area (Å²) < 4.78 is 27.4. The summed E-state index contributed by atoms with van der Waals surface area (Å²) in [5.41, 5.74) is 3.42. The number of fused-ring (bicyclic) bond motifs is 1. The summed E-state index contributed by atoms with van der Waals surface area (Å²) in [6, 6.07) is 21.3. The van der Waals surface area contributed by atoms with Gasteiger partial charge in [-0.1, -0.05) is 23.7 Å². The van der Waals surface area contributed by atoms with Crippen molar-refractivity contribution in [2.75, 3.05) is 18.4 Å². The maximum atomic E-state index is 13.0. The molecule has 1 aliphatic rings. The number of benzene rings is 3. The van der Waals surface area contributed by atoms with Gasteiger partial charge in [-0.15, -0.1) is 0 Å². The Kier molecular flexibility index (Phi) is 6.12. The van der Waals surface area contributed by atoms with Gasteiger partial charge < -0.3 is 10.3 Å². The minimum atomic E-state index is -3.68. The maximum absolute atomic E-state index is 13.0. The molecule has 9 heteroatoms. The third-order valence-corrected chi connectivity index (χ3v) is 8.15. The third kappa shape index (κ3) is 4.57. The fourth-order valence-corrected chi connectivity index (χ4v) is 5.83. The predicted octanol–water partition coefficient (Wildman–Crippen LogP) is 4.92. The minimum absolute atomic E-state index is 0.147. The number of hydrogen-bond acceptors (Lipinski definition) is 4. The number of nitrogens with zero attached hydrogens (tertiary/aromatic N) is 2. The summed E-state index contributed by atoms with van der Waals surface area (Å²) in [6.45, 7) is 0.537. The molecule has 0 spiro atoms. The van der Waals surface area contributed by atoms with Crippen LogP contribution in [0.2, 0.25) is 5.02 Å². The lowest BCUT2D eigenvalue weighted by Gasteiger charge is -2.31. The largest absolute Gasteiger partial charge is 0.338 e. The van der Waals surface area contributed by atoms with Crippen LogP contribution in [0.15, 0.2) is 77.7 Å². The van der Waals surface area contributed by atoms with Crippen molar-refractivity contribution in [3.8, 4) is 11.4 Å². The van der Waals surface area contributed by atoms with Crippen molar-refractivity contribution in [1.82, 2.24) is 14.3 Å². The lowest BCUT2D eigenvalue weighted by atomic mass is 9.98. The molecule has 0 radical (unpaired) electrons. The number of aromatic nitrogens is 2. The number of hydrogen-bond donors (Lipinski definition) is 2. The zero-order valence-corrected chi connectivity index (χ0v) is 19.8. The molecule has 1 atom stereocenters. The summed E-state index contributed by atoms with van der Waals surface area (Å²) in [7, 11) is -3.68. The van der Waals surface area contributed by atoms with Crippen molar-refractivity contribution >= 4 is 44.3 Å². The van der Waals surface area contributed by atoms with Gasteiger partial charge in [0.15, 0.2) is 0 Å². The van der Waals surface area contributed by atoms with Crippen molar-refractivity contribution in [2.45, 2.75) is 17.7 Å². The van der Waals surface area contributed by atoms with E-state index in [2.05, 4.69) is 15.3 Å². The SMILES string of the molecule is O=C(Nc1ccc(-c2nc3ccccc3[nH]2)cc1)C1CCCN(S(=O)(=O)c2ccc(Cl)cc2)C1. The fraction of sp³-hybridized carbons (Fsp3) is 0.200. The Bertz CT molecular complexity index is 1400. The molecule has 5 rings (SSSR count). The van der Waals surface area contributed by atoms with Crippen LogP contribution >= 0.6 is 11.6 Å². The Balaban J connectivity index is 1.26. The zero-order chi connectivity index (χ0) is 23.7. The van der Waals surface area contributed by atoms with E-state index in [1.54, 1.807) is 12.1 Å². The number of sulfonamides is 1. The number of imidazole rings is 1. The van der Waals surface area contributed by atoms with Gasteiger partial charge in [0.25, 0.3) is 0 Å². The van der Waals surface area contributed by atoms with Gasteiger partial charge in [0.1, 0.15) is 5.82 Å². The lowest BCUT2D eigenvalue weighted by Crippen LogP contribution is -2.43. The Morgan fingerprint density at radius 1 is 1.03 bits per heavy atom. The number of piperidine rings is 1. The van der Waals surface area contributed by atoms with Gasteiger partial charge in [0.2, 0.25) is 15.9 Å². The minimum Gasteiger partial charge on any atom is -0.338 e. The van der Waals surface area contributed by atoms with Crippen LogP contribution in [-0.4, -0.2) is 41.7 Å². The van der Waals surface area contributed by atoms with E-state index in [0.717, 1.165) is 22.4 Å². The number of anilines is 1. The molecule has 2 heterocycles. The Morgan fingerprint density at radius 3 is 2.50 bits per heavy atom. The topological polar surface area (TPSA) is 95.2 Å². The molecule has 4 aromatic rings. The van der Waals surface area contributed by atoms with Gasteiger partial charge >= 0.3 is 0 Å². The molecule has 1 amide bonds.